The number of fused-ring (bicyclic) bond motifs is 1. The van der Waals surface area contributed by atoms with Crippen molar-refractivity contribution in [2.75, 3.05) is 19.7 Å². The number of carbonyl (C=O) groups excluding carboxylic acids is 1. The first-order chi connectivity index (χ1) is 10.8. The lowest BCUT2D eigenvalue weighted by molar-refractivity contribution is -0.130. The molecule has 1 saturated heterocycles. The van der Waals surface area contributed by atoms with E-state index in [-0.39, 0.29) is 5.41 Å². The molecule has 1 aliphatic heterocycles. The quantitative estimate of drug-likeness (QED) is 0.710. The van der Waals surface area contributed by atoms with Crippen molar-refractivity contribution in [2.24, 2.45) is 11.8 Å². The van der Waals surface area contributed by atoms with Gasteiger partial charge in [-0.2, -0.15) is 0 Å². The Morgan fingerprint density at radius 2 is 2.00 bits per heavy atom. The van der Waals surface area contributed by atoms with E-state index in [1.165, 1.54) is 12.0 Å². The molecule has 2 fully saturated rings. The van der Waals surface area contributed by atoms with Crippen LogP contribution in [0.15, 0.2) is 22.7 Å². The minimum Gasteiger partial charge on any atom is -0.492 e. The van der Waals surface area contributed by atoms with Gasteiger partial charge in [0.2, 0.25) is 5.91 Å². The molecule has 2 unspecified atom stereocenters. The summed E-state index contributed by atoms with van der Waals surface area (Å²) in [5.74, 6) is 2.77. The van der Waals surface area contributed by atoms with Crippen molar-refractivity contribution in [2.45, 2.75) is 45.4 Å². The van der Waals surface area contributed by atoms with E-state index in [2.05, 4.69) is 48.8 Å². The van der Waals surface area contributed by atoms with E-state index in [4.69, 9.17) is 4.74 Å². The third kappa shape index (κ3) is 4.09. The van der Waals surface area contributed by atoms with Crippen molar-refractivity contribution in [3.63, 3.8) is 0 Å². The molecule has 0 bridgehead atoms. The van der Waals surface area contributed by atoms with Gasteiger partial charge >= 0.3 is 0 Å². The zero-order chi connectivity index (χ0) is 16.6. The number of ether oxygens (including phenoxy) is 1. The molecular weight excluding hydrogens is 354 g/mol. The molecule has 0 spiro atoms. The standard InChI is InChI=1S/C19H26BrNO2/c1-19(2,3)15-6-7-17(16(20)10-15)23-8-4-5-18(22)21-11-13-9-14(13)12-21/h6-7,10,13-14H,4-5,8-9,11-12H2,1-3H3. The van der Waals surface area contributed by atoms with Crippen molar-refractivity contribution in [1.29, 1.82) is 0 Å². The number of likely N-dealkylation sites (tertiary alicyclic amines) is 1. The highest BCUT2D eigenvalue weighted by Gasteiger charge is 2.46. The smallest absolute Gasteiger partial charge is 0.222 e. The van der Waals surface area contributed by atoms with Crippen LogP contribution in [-0.2, 0) is 10.2 Å². The lowest BCUT2D eigenvalue weighted by atomic mass is 9.87. The molecule has 0 aromatic heterocycles. The molecule has 1 heterocycles. The number of nitrogens with zero attached hydrogens (tertiary/aromatic N) is 1. The topological polar surface area (TPSA) is 29.5 Å². The predicted octanol–water partition coefficient (Wildman–Crippen LogP) is 4.38. The van der Waals surface area contributed by atoms with E-state index in [1.54, 1.807) is 0 Å². The Kier molecular flexibility index (Phi) is 4.73. The molecule has 3 rings (SSSR count). The molecule has 3 nitrogen and oxygen atoms in total. The molecule has 1 aliphatic carbocycles. The van der Waals surface area contributed by atoms with E-state index in [0.717, 1.165) is 41.6 Å². The molecule has 0 radical (unpaired) electrons. The maximum Gasteiger partial charge on any atom is 0.222 e. The zero-order valence-corrected chi connectivity index (χ0v) is 15.9. The highest BCUT2D eigenvalue weighted by molar-refractivity contribution is 9.10. The fraction of sp³-hybridized carbons (Fsp3) is 0.632. The van der Waals surface area contributed by atoms with E-state index in [1.807, 2.05) is 11.0 Å². The molecule has 23 heavy (non-hydrogen) atoms. The summed E-state index contributed by atoms with van der Waals surface area (Å²) in [6.07, 6.45) is 2.71. The van der Waals surface area contributed by atoms with Crippen molar-refractivity contribution in [3.8, 4) is 5.75 Å². The lowest BCUT2D eigenvalue weighted by Crippen LogP contribution is -2.30. The monoisotopic (exact) mass is 379 g/mol. The maximum atomic E-state index is 12.1. The molecule has 2 atom stereocenters. The summed E-state index contributed by atoms with van der Waals surface area (Å²) in [5.41, 5.74) is 1.41. The van der Waals surface area contributed by atoms with Crippen molar-refractivity contribution < 1.29 is 9.53 Å². The number of hydrogen-bond donors (Lipinski definition) is 0. The number of piperidine rings is 1. The predicted molar refractivity (Wildman–Crippen MR) is 95.7 cm³/mol. The van der Waals surface area contributed by atoms with Gasteiger partial charge < -0.3 is 9.64 Å². The van der Waals surface area contributed by atoms with E-state index < -0.39 is 0 Å². The van der Waals surface area contributed by atoms with Gasteiger partial charge in [-0.1, -0.05) is 26.8 Å². The minimum absolute atomic E-state index is 0.129. The van der Waals surface area contributed by atoms with Crippen LogP contribution in [0.2, 0.25) is 0 Å². The molecule has 2 aliphatic rings. The highest BCUT2D eigenvalue weighted by Crippen LogP contribution is 2.45. The molecule has 126 valence electrons. The maximum absolute atomic E-state index is 12.1. The second-order valence-electron chi connectivity index (χ2n) is 7.90. The van der Waals surface area contributed by atoms with Crippen LogP contribution >= 0.6 is 15.9 Å². The average molecular weight is 380 g/mol. The summed E-state index contributed by atoms with van der Waals surface area (Å²) in [7, 11) is 0. The summed E-state index contributed by atoms with van der Waals surface area (Å²) in [5, 5.41) is 0. The largest absolute Gasteiger partial charge is 0.492 e. The van der Waals surface area contributed by atoms with Gasteiger partial charge in [-0.3, -0.25) is 4.79 Å². The van der Waals surface area contributed by atoms with Crippen LogP contribution in [0.25, 0.3) is 0 Å². The molecule has 1 aromatic carbocycles. The molecule has 0 N–H and O–H groups in total. The summed E-state index contributed by atoms with van der Waals surface area (Å²) >= 11 is 3.59. The number of rotatable bonds is 5. The number of halogens is 1. The first kappa shape index (κ1) is 16.8. The SMILES string of the molecule is CC(C)(C)c1ccc(OCCCC(=O)N2CC3CC3C2)c(Br)c1. The van der Waals surface area contributed by atoms with Crippen LogP contribution in [0, 0.1) is 11.8 Å². The Labute approximate surface area is 147 Å². The minimum atomic E-state index is 0.129. The van der Waals surface area contributed by atoms with Crippen LogP contribution in [0.3, 0.4) is 0 Å². The summed E-state index contributed by atoms with van der Waals surface area (Å²) < 4.78 is 6.81. The molecule has 1 amide bonds. The molecule has 1 aromatic rings. The first-order valence-electron chi connectivity index (χ1n) is 8.55. The number of carbonyl (C=O) groups is 1. The fourth-order valence-corrected chi connectivity index (χ4v) is 3.74. The van der Waals surface area contributed by atoms with Crippen LogP contribution in [0.4, 0.5) is 0 Å². The van der Waals surface area contributed by atoms with Crippen LogP contribution in [0.5, 0.6) is 5.75 Å². The van der Waals surface area contributed by atoms with Gasteiger partial charge in [-0.05, 0) is 63.7 Å². The molecule has 1 saturated carbocycles. The van der Waals surface area contributed by atoms with E-state index in [9.17, 15) is 4.79 Å². The third-order valence-corrected chi connectivity index (χ3v) is 5.54. The Balaban J connectivity index is 1.42. The van der Waals surface area contributed by atoms with Gasteiger partial charge in [0.25, 0.3) is 0 Å². The Hall–Kier alpha value is -1.03. The Bertz CT molecular complexity index is 584. The lowest BCUT2D eigenvalue weighted by Gasteiger charge is -2.20. The van der Waals surface area contributed by atoms with Crippen LogP contribution in [0.1, 0.15) is 45.6 Å². The van der Waals surface area contributed by atoms with Gasteiger partial charge in [-0.15, -0.1) is 0 Å². The van der Waals surface area contributed by atoms with Gasteiger partial charge in [-0.25, -0.2) is 0 Å². The zero-order valence-electron chi connectivity index (χ0n) is 14.3. The Morgan fingerprint density at radius 3 is 2.61 bits per heavy atom. The highest BCUT2D eigenvalue weighted by atomic mass is 79.9. The summed E-state index contributed by atoms with van der Waals surface area (Å²) in [4.78, 5) is 14.1. The number of benzene rings is 1. The second-order valence-corrected chi connectivity index (χ2v) is 8.76. The fourth-order valence-electron chi connectivity index (χ4n) is 3.25. The van der Waals surface area contributed by atoms with Crippen LogP contribution in [-0.4, -0.2) is 30.5 Å². The van der Waals surface area contributed by atoms with Gasteiger partial charge in [0.15, 0.2) is 0 Å². The molecule has 4 heteroatoms. The number of hydrogen-bond acceptors (Lipinski definition) is 2. The van der Waals surface area contributed by atoms with E-state index in [0.29, 0.717) is 18.9 Å². The van der Waals surface area contributed by atoms with Gasteiger partial charge in [0, 0.05) is 19.5 Å². The molecular formula is C19H26BrNO2. The summed E-state index contributed by atoms with van der Waals surface area (Å²) in [6, 6.07) is 6.25. The second kappa shape index (κ2) is 6.46. The van der Waals surface area contributed by atoms with E-state index >= 15 is 0 Å². The van der Waals surface area contributed by atoms with Crippen LogP contribution < -0.4 is 4.74 Å². The average Bonchev–Trinajstić information content (AvgIpc) is 3.09. The Morgan fingerprint density at radius 1 is 1.30 bits per heavy atom. The van der Waals surface area contributed by atoms with Crippen molar-refractivity contribution >= 4 is 21.8 Å². The summed E-state index contributed by atoms with van der Waals surface area (Å²) in [6.45, 7) is 9.16. The first-order valence-corrected chi connectivity index (χ1v) is 9.34. The van der Waals surface area contributed by atoms with Crippen molar-refractivity contribution in [3.05, 3.63) is 28.2 Å². The normalized spacial score (nSPS) is 22.9. The van der Waals surface area contributed by atoms with Crippen molar-refractivity contribution in [1.82, 2.24) is 4.90 Å². The number of amides is 1. The van der Waals surface area contributed by atoms with Gasteiger partial charge in [0.1, 0.15) is 5.75 Å². The third-order valence-electron chi connectivity index (χ3n) is 4.92. The van der Waals surface area contributed by atoms with Gasteiger partial charge in [0.05, 0.1) is 11.1 Å².